The molecule has 23 heavy (non-hydrogen) atoms. The lowest BCUT2D eigenvalue weighted by molar-refractivity contribution is 0.0955. The standard InChI is InChI=1S/C17H18N4OS/c1-4-21-12(3)19-15-9-13(6-8-16(15)21)17(22)20-18-10-14-7-5-11(2)23-14/h5-10H,4H2,1-3H3,(H,20,22)/b18-10+. The van der Waals surface area contributed by atoms with E-state index < -0.39 is 0 Å². The van der Waals surface area contributed by atoms with Gasteiger partial charge in [0, 0.05) is 21.9 Å². The number of hydrogen-bond donors (Lipinski definition) is 1. The zero-order valence-electron chi connectivity index (χ0n) is 13.3. The summed E-state index contributed by atoms with van der Waals surface area (Å²) in [5.74, 6) is 0.714. The Balaban J connectivity index is 1.77. The van der Waals surface area contributed by atoms with Crippen molar-refractivity contribution in [1.29, 1.82) is 0 Å². The summed E-state index contributed by atoms with van der Waals surface area (Å²) in [6.45, 7) is 6.94. The zero-order valence-corrected chi connectivity index (χ0v) is 14.1. The summed E-state index contributed by atoms with van der Waals surface area (Å²) in [5, 5.41) is 4.01. The molecule has 1 N–H and O–H groups in total. The number of rotatable bonds is 4. The third kappa shape index (κ3) is 3.17. The van der Waals surface area contributed by atoms with Crippen molar-refractivity contribution in [3.05, 3.63) is 51.5 Å². The van der Waals surface area contributed by atoms with Gasteiger partial charge in [0.15, 0.2) is 0 Å². The van der Waals surface area contributed by atoms with Crippen LogP contribution in [0.3, 0.4) is 0 Å². The minimum absolute atomic E-state index is 0.236. The summed E-state index contributed by atoms with van der Waals surface area (Å²) in [7, 11) is 0. The van der Waals surface area contributed by atoms with Crippen molar-refractivity contribution in [3.8, 4) is 0 Å². The molecule has 0 aliphatic carbocycles. The van der Waals surface area contributed by atoms with E-state index in [1.807, 2.05) is 32.0 Å². The maximum atomic E-state index is 12.2. The van der Waals surface area contributed by atoms with Crippen LogP contribution in [0.2, 0.25) is 0 Å². The van der Waals surface area contributed by atoms with Gasteiger partial charge < -0.3 is 4.57 Å². The lowest BCUT2D eigenvalue weighted by Crippen LogP contribution is -2.17. The Kier molecular flexibility index (Phi) is 4.25. The van der Waals surface area contributed by atoms with Gasteiger partial charge >= 0.3 is 0 Å². The number of carbonyl (C=O) groups excluding carboxylic acids is 1. The molecule has 2 aromatic heterocycles. The number of benzene rings is 1. The average Bonchev–Trinajstić information content (AvgIpc) is 3.08. The Hall–Kier alpha value is -2.47. The van der Waals surface area contributed by atoms with Gasteiger partial charge in [0.25, 0.3) is 5.91 Å². The minimum Gasteiger partial charge on any atom is -0.329 e. The van der Waals surface area contributed by atoms with Gasteiger partial charge in [0.2, 0.25) is 0 Å². The predicted molar refractivity (Wildman–Crippen MR) is 94.3 cm³/mol. The number of fused-ring (bicyclic) bond motifs is 1. The van der Waals surface area contributed by atoms with Crippen LogP contribution in [-0.4, -0.2) is 21.7 Å². The van der Waals surface area contributed by atoms with Crippen molar-refractivity contribution in [2.24, 2.45) is 5.10 Å². The second-order valence-electron chi connectivity index (χ2n) is 5.25. The number of nitrogens with zero attached hydrogens (tertiary/aromatic N) is 3. The second-order valence-corrected chi connectivity index (χ2v) is 6.57. The molecule has 0 aliphatic heterocycles. The van der Waals surface area contributed by atoms with Gasteiger partial charge in [0.05, 0.1) is 17.2 Å². The number of imidazole rings is 1. The van der Waals surface area contributed by atoms with E-state index in [4.69, 9.17) is 0 Å². The summed E-state index contributed by atoms with van der Waals surface area (Å²) in [6.07, 6.45) is 1.66. The van der Waals surface area contributed by atoms with Crippen LogP contribution in [0.5, 0.6) is 0 Å². The van der Waals surface area contributed by atoms with E-state index in [2.05, 4.69) is 27.0 Å². The van der Waals surface area contributed by atoms with Crippen molar-refractivity contribution in [1.82, 2.24) is 15.0 Å². The van der Waals surface area contributed by atoms with E-state index in [-0.39, 0.29) is 5.91 Å². The van der Waals surface area contributed by atoms with E-state index in [1.54, 1.807) is 29.7 Å². The highest BCUT2D eigenvalue weighted by molar-refractivity contribution is 7.13. The van der Waals surface area contributed by atoms with Gasteiger partial charge in [-0.05, 0) is 51.1 Å². The summed E-state index contributed by atoms with van der Waals surface area (Å²) in [5.41, 5.74) is 4.98. The minimum atomic E-state index is -0.236. The van der Waals surface area contributed by atoms with Gasteiger partial charge in [-0.2, -0.15) is 5.10 Å². The fraction of sp³-hybridized carbons (Fsp3) is 0.235. The summed E-state index contributed by atoms with van der Waals surface area (Å²) in [4.78, 5) is 18.9. The largest absolute Gasteiger partial charge is 0.329 e. The number of nitrogens with one attached hydrogen (secondary N) is 1. The Bertz CT molecular complexity index is 891. The number of aryl methyl sites for hydroxylation is 3. The van der Waals surface area contributed by atoms with E-state index in [0.29, 0.717) is 5.56 Å². The Morgan fingerprint density at radius 1 is 1.35 bits per heavy atom. The van der Waals surface area contributed by atoms with Crippen LogP contribution in [-0.2, 0) is 6.54 Å². The van der Waals surface area contributed by atoms with Crippen molar-refractivity contribution in [2.75, 3.05) is 0 Å². The first-order valence-corrected chi connectivity index (χ1v) is 8.27. The Labute approximate surface area is 138 Å². The van der Waals surface area contributed by atoms with E-state index in [0.717, 1.165) is 28.3 Å². The highest BCUT2D eigenvalue weighted by Crippen LogP contribution is 2.18. The van der Waals surface area contributed by atoms with Crippen LogP contribution < -0.4 is 5.43 Å². The molecule has 0 fully saturated rings. The number of hydrazone groups is 1. The van der Waals surface area contributed by atoms with E-state index >= 15 is 0 Å². The predicted octanol–water partition coefficient (Wildman–Crippen LogP) is 3.50. The lowest BCUT2D eigenvalue weighted by atomic mass is 10.2. The fourth-order valence-electron chi connectivity index (χ4n) is 2.53. The lowest BCUT2D eigenvalue weighted by Gasteiger charge is -2.02. The Morgan fingerprint density at radius 2 is 2.17 bits per heavy atom. The van der Waals surface area contributed by atoms with Crippen LogP contribution in [0.15, 0.2) is 35.4 Å². The van der Waals surface area contributed by atoms with Crippen LogP contribution in [0.4, 0.5) is 0 Å². The summed E-state index contributed by atoms with van der Waals surface area (Å²) < 4.78 is 2.12. The number of thiophene rings is 1. The summed E-state index contributed by atoms with van der Waals surface area (Å²) in [6, 6.07) is 9.53. The molecule has 1 aromatic carbocycles. The molecule has 1 amide bonds. The molecule has 0 spiro atoms. The molecule has 0 aliphatic rings. The fourth-order valence-corrected chi connectivity index (χ4v) is 3.28. The van der Waals surface area contributed by atoms with Gasteiger partial charge in [-0.3, -0.25) is 4.79 Å². The smallest absolute Gasteiger partial charge is 0.271 e. The first-order chi connectivity index (χ1) is 11.1. The van der Waals surface area contributed by atoms with E-state index in [1.165, 1.54) is 4.88 Å². The summed E-state index contributed by atoms with van der Waals surface area (Å²) >= 11 is 1.63. The SMILES string of the molecule is CCn1c(C)nc2cc(C(=O)N/N=C/c3ccc(C)s3)ccc21. The zero-order chi connectivity index (χ0) is 16.4. The highest BCUT2D eigenvalue weighted by Gasteiger charge is 2.10. The van der Waals surface area contributed by atoms with Gasteiger partial charge in [-0.25, -0.2) is 10.4 Å². The van der Waals surface area contributed by atoms with Crippen LogP contribution in [0.1, 0.15) is 32.9 Å². The molecule has 0 radical (unpaired) electrons. The van der Waals surface area contributed by atoms with Crippen molar-refractivity contribution in [2.45, 2.75) is 27.3 Å². The third-order valence-electron chi connectivity index (χ3n) is 3.64. The second kappa shape index (κ2) is 6.34. The molecular formula is C17H18N4OS. The maximum Gasteiger partial charge on any atom is 0.271 e. The van der Waals surface area contributed by atoms with Gasteiger partial charge in [0.1, 0.15) is 5.82 Å². The van der Waals surface area contributed by atoms with Crippen molar-refractivity contribution < 1.29 is 4.79 Å². The molecule has 0 saturated carbocycles. The monoisotopic (exact) mass is 326 g/mol. The molecule has 118 valence electrons. The molecule has 6 heteroatoms. The maximum absolute atomic E-state index is 12.2. The van der Waals surface area contributed by atoms with Crippen LogP contribution in [0.25, 0.3) is 11.0 Å². The van der Waals surface area contributed by atoms with E-state index in [9.17, 15) is 4.79 Å². The van der Waals surface area contributed by atoms with Crippen LogP contribution in [0, 0.1) is 13.8 Å². The molecule has 0 atom stereocenters. The highest BCUT2D eigenvalue weighted by atomic mass is 32.1. The molecule has 5 nitrogen and oxygen atoms in total. The quantitative estimate of drug-likeness (QED) is 0.589. The topological polar surface area (TPSA) is 59.3 Å². The number of amides is 1. The molecule has 0 unspecified atom stereocenters. The first-order valence-electron chi connectivity index (χ1n) is 7.45. The van der Waals surface area contributed by atoms with Gasteiger partial charge in [-0.15, -0.1) is 11.3 Å². The van der Waals surface area contributed by atoms with Crippen molar-refractivity contribution >= 4 is 34.5 Å². The first kappa shape index (κ1) is 15.4. The number of carbonyl (C=O) groups is 1. The number of aromatic nitrogens is 2. The normalized spacial score (nSPS) is 11.4. The van der Waals surface area contributed by atoms with Crippen LogP contribution >= 0.6 is 11.3 Å². The molecule has 0 saturated heterocycles. The molecule has 3 rings (SSSR count). The van der Waals surface area contributed by atoms with Gasteiger partial charge in [-0.1, -0.05) is 0 Å². The molecule has 2 heterocycles. The third-order valence-corrected chi connectivity index (χ3v) is 4.57. The number of hydrogen-bond acceptors (Lipinski definition) is 4. The molecular weight excluding hydrogens is 308 g/mol. The average molecular weight is 326 g/mol. The van der Waals surface area contributed by atoms with Crippen molar-refractivity contribution in [3.63, 3.8) is 0 Å². The molecule has 0 bridgehead atoms. The molecule has 3 aromatic rings. The Morgan fingerprint density at radius 3 is 2.87 bits per heavy atom.